The number of nitrogens with one attached hydrogen (secondary N) is 2. The van der Waals surface area contributed by atoms with Gasteiger partial charge in [0.1, 0.15) is 5.58 Å². The van der Waals surface area contributed by atoms with Gasteiger partial charge in [-0.2, -0.15) is 0 Å². The van der Waals surface area contributed by atoms with E-state index in [-0.39, 0.29) is 11.9 Å². The second-order valence-corrected chi connectivity index (χ2v) is 6.50. The van der Waals surface area contributed by atoms with Gasteiger partial charge in [0, 0.05) is 30.6 Å². The summed E-state index contributed by atoms with van der Waals surface area (Å²) < 4.78 is 11.1. The highest BCUT2D eigenvalue weighted by Crippen LogP contribution is 2.27. The molecule has 134 valence electrons. The molecular weight excluding hydrogens is 328 g/mol. The van der Waals surface area contributed by atoms with Crippen molar-refractivity contribution in [1.29, 1.82) is 0 Å². The molecule has 5 heteroatoms. The summed E-state index contributed by atoms with van der Waals surface area (Å²) in [6, 6.07) is 16.1. The summed E-state index contributed by atoms with van der Waals surface area (Å²) in [5.74, 6) is 0.121. The first-order valence-electron chi connectivity index (χ1n) is 8.86. The van der Waals surface area contributed by atoms with Gasteiger partial charge in [0.2, 0.25) is 0 Å². The number of para-hydroxylation sites is 1. The number of rotatable bonds is 5. The van der Waals surface area contributed by atoms with E-state index in [2.05, 4.69) is 28.8 Å². The molecule has 1 aliphatic rings. The van der Waals surface area contributed by atoms with E-state index in [1.807, 2.05) is 30.3 Å². The molecule has 3 aromatic rings. The fourth-order valence-electron chi connectivity index (χ4n) is 3.62. The highest BCUT2D eigenvalue weighted by molar-refractivity contribution is 5.99. The molecule has 2 N–H and O–H groups in total. The summed E-state index contributed by atoms with van der Waals surface area (Å²) in [7, 11) is 1.62. The lowest BCUT2D eigenvalue weighted by atomic mass is 9.94. The van der Waals surface area contributed by atoms with Crippen LogP contribution in [0.3, 0.4) is 0 Å². The van der Waals surface area contributed by atoms with E-state index in [0.717, 1.165) is 23.9 Å². The fraction of sp³-hybridized carbons (Fsp3) is 0.286. The largest absolute Gasteiger partial charge is 0.451 e. The SMILES string of the molecule is COCc1c(C(=O)NCC2NCCc3ccccc32)oc2ccccc12. The van der Waals surface area contributed by atoms with Crippen LogP contribution in [-0.4, -0.2) is 26.1 Å². The van der Waals surface area contributed by atoms with Gasteiger partial charge >= 0.3 is 0 Å². The Balaban J connectivity index is 1.54. The molecule has 1 unspecified atom stereocenters. The van der Waals surface area contributed by atoms with Gasteiger partial charge in [-0.15, -0.1) is 0 Å². The molecular formula is C21H22N2O3. The topological polar surface area (TPSA) is 63.5 Å². The van der Waals surface area contributed by atoms with Crippen molar-refractivity contribution in [2.45, 2.75) is 19.1 Å². The lowest BCUT2D eigenvalue weighted by Crippen LogP contribution is -2.39. The minimum atomic E-state index is -0.210. The van der Waals surface area contributed by atoms with Crippen molar-refractivity contribution in [1.82, 2.24) is 10.6 Å². The third-order valence-corrected chi connectivity index (χ3v) is 4.88. The van der Waals surface area contributed by atoms with Crippen molar-refractivity contribution < 1.29 is 13.9 Å². The van der Waals surface area contributed by atoms with Crippen molar-refractivity contribution in [2.24, 2.45) is 0 Å². The maximum atomic E-state index is 12.8. The average molecular weight is 350 g/mol. The van der Waals surface area contributed by atoms with Crippen LogP contribution in [-0.2, 0) is 17.8 Å². The molecule has 4 rings (SSSR count). The monoisotopic (exact) mass is 350 g/mol. The summed E-state index contributed by atoms with van der Waals surface area (Å²) in [4.78, 5) is 12.8. The summed E-state index contributed by atoms with van der Waals surface area (Å²) >= 11 is 0. The Morgan fingerprint density at radius 2 is 2.04 bits per heavy atom. The minimum Gasteiger partial charge on any atom is -0.451 e. The van der Waals surface area contributed by atoms with Crippen LogP contribution in [0, 0.1) is 0 Å². The molecule has 2 heterocycles. The zero-order chi connectivity index (χ0) is 17.9. The number of hydrogen-bond donors (Lipinski definition) is 2. The predicted molar refractivity (Wildman–Crippen MR) is 100 cm³/mol. The van der Waals surface area contributed by atoms with Crippen LogP contribution in [0.5, 0.6) is 0 Å². The number of ether oxygens (including phenoxy) is 1. The summed E-state index contributed by atoms with van der Waals surface area (Å²) in [5.41, 5.74) is 4.08. The molecule has 0 aliphatic carbocycles. The maximum Gasteiger partial charge on any atom is 0.287 e. The van der Waals surface area contributed by atoms with Crippen LogP contribution in [0.1, 0.15) is 33.3 Å². The van der Waals surface area contributed by atoms with E-state index in [9.17, 15) is 4.79 Å². The second-order valence-electron chi connectivity index (χ2n) is 6.50. The standard InChI is InChI=1S/C21H22N2O3/c1-25-13-17-16-8-4-5-9-19(16)26-20(17)21(24)23-12-18-15-7-3-2-6-14(15)10-11-22-18/h2-9,18,22H,10-13H2,1H3,(H,23,24). The zero-order valence-corrected chi connectivity index (χ0v) is 14.7. The van der Waals surface area contributed by atoms with Crippen molar-refractivity contribution in [3.8, 4) is 0 Å². The average Bonchev–Trinajstić information content (AvgIpc) is 3.05. The van der Waals surface area contributed by atoms with Crippen LogP contribution in [0.2, 0.25) is 0 Å². The molecule has 1 amide bonds. The van der Waals surface area contributed by atoms with Crippen LogP contribution in [0.25, 0.3) is 11.0 Å². The van der Waals surface area contributed by atoms with Crippen molar-refractivity contribution >= 4 is 16.9 Å². The quantitative estimate of drug-likeness (QED) is 0.742. The number of benzene rings is 2. The molecule has 26 heavy (non-hydrogen) atoms. The van der Waals surface area contributed by atoms with Gasteiger partial charge in [0.05, 0.1) is 6.61 Å². The van der Waals surface area contributed by atoms with Crippen LogP contribution in [0.15, 0.2) is 52.9 Å². The van der Waals surface area contributed by atoms with Gasteiger partial charge in [-0.25, -0.2) is 0 Å². The van der Waals surface area contributed by atoms with E-state index in [1.165, 1.54) is 11.1 Å². The Labute approximate surface area is 152 Å². The molecule has 0 saturated carbocycles. The number of furan rings is 1. The molecule has 2 aromatic carbocycles. The van der Waals surface area contributed by atoms with Crippen molar-refractivity contribution in [3.05, 3.63) is 71.0 Å². The molecule has 5 nitrogen and oxygen atoms in total. The lowest BCUT2D eigenvalue weighted by molar-refractivity contribution is 0.0917. The van der Waals surface area contributed by atoms with Gasteiger partial charge < -0.3 is 19.8 Å². The van der Waals surface area contributed by atoms with Gasteiger partial charge in [-0.05, 0) is 30.2 Å². The van der Waals surface area contributed by atoms with E-state index in [4.69, 9.17) is 9.15 Å². The van der Waals surface area contributed by atoms with Crippen LogP contribution in [0.4, 0.5) is 0 Å². The highest BCUT2D eigenvalue weighted by atomic mass is 16.5. The first-order chi connectivity index (χ1) is 12.8. The molecule has 1 atom stereocenters. The Hall–Kier alpha value is -2.63. The highest BCUT2D eigenvalue weighted by Gasteiger charge is 2.23. The van der Waals surface area contributed by atoms with E-state index in [0.29, 0.717) is 24.5 Å². The van der Waals surface area contributed by atoms with E-state index >= 15 is 0 Å². The Bertz CT molecular complexity index is 932. The summed E-state index contributed by atoms with van der Waals surface area (Å²) in [6.07, 6.45) is 1.02. The molecule has 0 saturated heterocycles. The van der Waals surface area contributed by atoms with Crippen LogP contribution >= 0.6 is 0 Å². The Morgan fingerprint density at radius 3 is 2.92 bits per heavy atom. The Morgan fingerprint density at radius 1 is 1.23 bits per heavy atom. The minimum absolute atomic E-state index is 0.110. The van der Waals surface area contributed by atoms with E-state index < -0.39 is 0 Å². The fourth-order valence-corrected chi connectivity index (χ4v) is 3.62. The van der Waals surface area contributed by atoms with Gasteiger partial charge in [0.15, 0.2) is 5.76 Å². The summed E-state index contributed by atoms with van der Waals surface area (Å²) in [5, 5.41) is 7.41. The number of hydrogen-bond acceptors (Lipinski definition) is 4. The number of carbonyl (C=O) groups is 1. The molecule has 0 fully saturated rings. The van der Waals surface area contributed by atoms with Gasteiger partial charge in [-0.1, -0.05) is 42.5 Å². The number of carbonyl (C=O) groups excluding carboxylic acids is 1. The summed E-state index contributed by atoms with van der Waals surface area (Å²) in [6.45, 7) is 1.76. The number of methoxy groups -OCH3 is 1. The smallest absolute Gasteiger partial charge is 0.287 e. The normalized spacial score (nSPS) is 16.4. The first kappa shape index (κ1) is 16.8. The molecule has 0 radical (unpaired) electrons. The van der Waals surface area contributed by atoms with Crippen molar-refractivity contribution in [2.75, 3.05) is 20.2 Å². The number of amides is 1. The molecule has 0 bridgehead atoms. The molecule has 1 aromatic heterocycles. The van der Waals surface area contributed by atoms with Crippen LogP contribution < -0.4 is 10.6 Å². The number of fused-ring (bicyclic) bond motifs is 2. The molecule has 0 spiro atoms. The predicted octanol–water partition coefficient (Wildman–Crippen LogP) is 3.20. The van der Waals surface area contributed by atoms with Gasteiger partial charge in [0.25, 0.3) is 5.91 Å². The lowest BCUT2D eigenvalue weighted by Gasteiger charge is -2.27. The van der Waals surface area contributed by atoms with Gasteiger partial charge in [-0.3, -0.25) is 4.79 Å². The van der Waals surface area contributed by atoms with E-state index in [1.54, 1.807) is 7.11 Å². The van der Waals surface area contributed by atoms with Crippen molar-refractivity contribution in [3.63, 3.8) is 0 Å². The zero-order valence-electron chi connectivity index (χ0n) is 14.7. The second kappa shape index (κ2) is 7.32. The first-order valence-corrected chi connectivity index (χ1v) is 8.86. The third-order valence-electron chi connectivity index (χ3n) is 4.88. The Kier molecular flexibility index (Phi) is 4.73. The molecule has 1 aliphatic heterocycles. The third kappa shape index (κ3) is 3.11. The maximum absolute atomic E-state index is 12.8.